The molecule has 2 heterocycles. The molecule has 2 atom stereocenters. The molecule has 2 aliphatic rings. The number of piperidine rings is 1. The summed E-state index contributed by atoms with van der Waals surface area (Å²) in [6, 6.07) is 5.61. The number of alkyl halides is 3. The van der Waals surface area contributed by atoms with Crippen molar-refractivity contribution in [3.8, 4) is 0 Å². The third kappa shape index (κ3) is 3.05. The fourth-order valence-corrected chi connectivity index (χ4v) is 2.85. The number of halogens is 3. The Hall–Kier alpha value is -1.56. The average Bonchev–Trinajstić information content (AvgIpc) is 2.97. The Bertz CT molecular complexity index is 536. The SMILES string of the molecule is FC(F)(F)c1ccccc1C1CN=C(C2CCCCN2)O1. The standard InChI is InChI=1S/C15H17F3N2O/c16-15(17,18)11-6-2-1-5-10(11)13-9-20-14(21-13)12-7-3-4-8-19-12/h1-2,5-6,12-13,19H,3-4,7-9H2. The summed E-state index contributed by atoms with van der Waals surface area (Å²) in [5.74, 6) is 0.552. The van der Waals surface area contributed by atoms with Crippen LogP contribution in [-0.2, 0) is 10.9 Å². The van der Waals surface area contributed by atoms with E-state index >= 15 is 0 Å². The van der Waals surface area contributed by atoms with Crippen molar-refractivity contribution < 1.29 is 17.9 Å². The second-order valence-electron chi connectivity index (χ2n) is 5.37. The molecule has 3 rings (SSSR count). The number of hydrogen-bond donors (Lipinski definition) is 1. The van der Waals surface area contributed by atoms with E-state index in [-0.39, 0.29) is 18.2 Å². The summed E-state index contributed by atoms with van der Waals surface area (Å²) in [4.78, 5) is 4.30. The van der Waals surface area contributed by atoms with Gasteiger partial charge in [0.15, 0.2) is 0 Å². The summed E-state index contributed by atoms with van der Waals surface area (Å²) >= 11 is 0. The van der Waals surface area contributed by atoms with Gasteiger partial charge in [0.2, 0.25) is 5.90 Å². The summed E-state index contributed by atoms with van der Waals surface area (Å²) < 4.78 is 44.9. The van der Waals surface area contributed by atoms with Gasteiger partial charge in [-0.3, -0.25) is 0 Å². The van der Waals surface area contributed by atoms with E-state index in [2.05, 4.69) is 10.3 Å². The highest BCUT2D eigenvalue weighted by Crippen LogP contribution is 2.37. The predicted molar refractivity (Wildman–Crippen MR) is 73.2 cm³/mol. The van der Waals surface area contributed by atoms with Gasteiger partial charge in [0.25, 0.3) is 0 Å². The molecule has 2 unspecified atom stereocenters. The van der Waals surface area contributed by atoms with Gasteiger partial charge in [-0.15, -0.1) is 0 Å². The lowest BCUT2D eigenvalue weighted by Crippen LogP contribution is -2.40. The van der Waals surface area contributed by atoms with E-state index in [1.54, 1.807) is 6.07 Å². The average molecular weight is 298 g/mol. The van der Waals surface area contributed by atoms with Crippen LogP contribution in [0.1, 0.15) is 36.5 Å². The molecular formula is C15H17F3N2O. The van der Waals surface area contributed by atoms with Crippen LogP contribution in [0.25, 0.3) is 0 Å². The van der Waals surface area contributed by atoms with E-state index in [4.69, 9.17) is 4.74 Å². The first-order chi connectivity index (χ1) is 10.1. The zero-order valence-corrected chi connectivity index (χ0v) is 11.5. The summed E-state index contributed by atoms with van der Waals surface area (Å²) in [6.07, 6.45) is -1.88. The lowest BCUT2D eigenvalue weighted by Gasteiger charge is -2.24. The zero-order chi connectivity index (χ0) is 14.9. The molecule has 1 saturated heterocycles. The molecule has 0 bridgehead atoms. The molecule has 0 aliphatic carbocycles. The van der Waals surface area contributed by atoms with E-state index in [0.717, 1.165) is 31.9 Å². The molecule has 114 valence electrons. The first kappa shape index (κ1) is 14.4. The maximum absolute atomic E-state index is 13.0. The van der Waals surface area contributed by atoms with Crippen LogP contribution in [0.5, 0.6) is 0 Å². The third-order valence-corrected chi connectivity index (χ3v) is 3.90. The highest BCUT2D eigenvalue weighted by atomic mass is 19.4. The molecule has 1 N–H and O–H groups in total. The Kier molecular flexibility index (Phi) is 3.89. The highest BCUT2D eigenvalue weighted by molar-refractivity contribution is 5.83. The van der Waals surface area contributed by atoms with Crippen molar-refractivity contribution in [1.82, 2.24) is 5.32 Å². The summed E-state index contributed by atoms with van der Waals surface area (Å²) in [6.45, 7) is 1.15. The van der Waals surface area contributed by atoms with Crippen molar-refractivity contribution >= 4 is 5.90 Å². The third-order valence-electron chi connectivity index (χ3n) is 3.90. The van der Waals surface area contributed by atoms with Gasteiger partial charge in [0.05, 0.1) is 18.2 Å². The maximum atomic E-state index is 13.0. The van der Waals surface area contributed by atoms with Crippen LogP contribution < -0.4 is 5.32 Å². The molecule has 0 amide bonds. The Morgan fingerprint density at radius 3 is 2.71 bits per heavy atom. The molecule has 21 heavy (non-hydrogen) atoms. The fourth-order valence-electron chi connectivity index (χ4n) is 2.85. The van der Waals surface area contributed by atoms with Crippen molar-refractivity contribution in [2.45, 2.75) is 37.6 Å². The van der Waals surface area contributed by atoms with E-state index in [0.29, 0.717) is 5.90 Å². The van der Waals surface area contributed by atoms with Gasteiger partial charge in [0, 0.05) is 5.56 Å². The molecule has 0 aromatic heterocycles. The number of nitrogens with one attached hydrogen (secondary N) is 1. The van der Waals surface area contributed by atoms with Crippen LogP contribution in [0.3, 0.4) is 0 Å². The van der Waals surface area contributed by atoms with Crippen LogP contribution in [0, 0.1) is 0 Å². The summed E-state index contributed by atoms with van der Waals surface area (Å²) in [5.41, 5.74) is -0.470. The van der Waals surface area contributed by atoms with Gasteiger partial charge in [-0.25, -0.2) is 4.99 Å². The molecule has 6 heteroatoms. The molecule has 2 aliphatic heterocycles. The van der Waals surface area contributed by atoms with Gasteiger partial charge in [-0.05, 0) is 25.5 Å². The van der Waals surface area contributed by atoms with Gasteiger partial charge >= 0.3 is 6.18 Å². The van der Waals surface area contributed by atoms with Crippen LogP contribution in [-0.4, -0.2) is 25.0 Å². The number of benzene rings is 1. The van der Waals surface area contributed by atoms with E-state index in [9.17, 15) is 13.2 Å². The maximum Gasteiger partial charge on any atom is 0.416 e. The smallest absolute Gasteiger partial charge is 0.416 e. The van der Waals surface area contributed by atoms with Crippen LogP contribution in [0.4, 0.5) is 13.2 Å². The fraction of sp³-hybridized carbons (Fsp3) is 0.533. The van der Waals surface area contributed by atoms with Gasteiger partial charge in [-0.1, -0.05) is 24.6 Å². The van der Waals surface area contributed by atoms with E-state index in [1.165, 1.54) is 12.1 Å². The summed E-state index contributed by atoms with van der Waals surface area (Å²) in [7, 11) is 0. The Morgan fingerprint density at radius 1 is 1.19 bits per heavy atom. The first-order valence-electron chi connectivity index (χ1n) is 7.16. The Labute approximate surface area is 121 Å². The summed E-state index contributed by atoms with van der Waals surface area (Å²) in [5, 5.41) is 3.30. The minimum absolute atomic E-state index is 0.0433. The molecule has 1 fully saturated rings. The highest BCUT2D eigenvalue weighted by Gasteiger charge is 2.37. The second kappa shape index (κ2) is 5.67. The van der Waals surface area contributed by atoms with E-state index < -0.39 is 17.8 Å². The van der Waals surface area contributed by atoms with E-state index in [1.807, 2.05) is 0 Å². The Balaban J connectivity index is 1.76. The molecular weight excluding hydrogens is 281 g/mol. The Morgan fingerprint density at radius 2 is 2.00 bits per heavy atom. The number of rotatable bonds is 2. The van der Waals surface area contributed by atoms with Crippen LogP contribution in [0.2, 0.25) is 0 Å². The number of hydrogen-bond acceptors (Lipinski definition) is 3. The zero-order valence-electron chi connectivity index (χ0n) is 11.5. The predicted octanol–water partition coefficient (Wildman–Crippen LogP) is 3.32. The van der Waals surface area contributed by atoms with Crippen LogP contribution >= 0.6 is 0 Å². The number of nitrogens with zero attached hydrogens (tertiary/aromatic N) is 1. The molecule has 1 aromatic carbocycles. The lowest BCUT2D eigenvalue weighted by atomic mass is 10.0. The topological polar surface area (TPSA) is 33.6 Å². The molecule has 3 nitrogen and oxygen atoms in total. The normalized spacial score (nSPS) is 26.3. The van der Waals surface area contributed by atoms with Gasteiger partial charge in [-0.2, -0.15) is 13.2 Å². The number of aliphatic imine (C=N–C) groups is 1. The van der Waals surface area contributed by atoms with Crippen molar-refractivity contribution in [1.29, 1.82) is 0 Å². The van der Waals surface area contributed by atoms with Crippen LogP contribution in [0.15, 0.2) is 29.3 Å². The largest absolute Gasteiger partial charge is 0.470 e. The minimum atomic E-state index is -4.37. The first-order valence-corrected chi connectivity index (χ1v) is 7.16. The molecule has 0 saturated carbocycles. The molecule has 0 radical (unpaired) electrons. The van der Waals surface area contributed by atoms with Crippen molar-refractivity contribution in [2.24, 2.45) is 4.99 Å². The van der Waals surface area contributed by atoms with Gasteiger partial charge in [0.1, 0.15) is 6.10 Å². The van der Waals surface area contributed by atoms with Gasteiger partial charge < -0.3 is 10.1 Å². The quantitative estimate of drug-likeness (QED) is 0.908. The molecule has 0 spiro atoms. The minimum Gasteiger partial charge on any atom is -0.470 e. The van der Waals surface area contributed by atoms with Crippen molar-refractivity contribution in [2.75, 3.05) is 13.1 Å². The molecule has 1 aromatic rings. The van der Waals surface area contributed by atoms with Crippen molar-refractivity contribution in [3.05, 3.63) is 35.4 Å². The second-order valence-corrected chi connectivity index (χ2v) is 5.37. The van der Waals surface area contributed by atoms with Crippen molar-refractivity contribution in [3.63, 3.8) is 0 Å². The monoisotopic (exact) mass is 298 g/mol. The lowest BCUT2D eigenvalue weighted by molar-refractivity contribution is -0.139. The number of ether oxygens (including phenoxy) is 1.